The zero-order valence-electron chi connectivity index (χ0n) is 5.92. The third kappa shape index (κ3) is 1.40. The first-order chi connectivity index (χ1) is 4.74. The van der Waals surface area contributed by atoms with Gasteiger partial charge >= 0.3 is 5.97 Å². The second kappa shape index (κ2) is 2.33. The number of rotatable bonds is 2. The van der Waals surface area contributed by atoms with E-state index in [0.717, 1.165) is 0 Å². The Kier molecular flexibility index (Phi) is 1.34. The standard InChI is InChI=1S/C5H10N2O2/c6-3-1-4(5(8)9)7-2-3/h3-4,7H,1-2,6H2,(H,8,9)/t3-,4-/m0/s1/i/hD. The molecule has 1 aliphatic heterocycles. The van der Waals surface area contributed by atoms with Crippen molar-refractivity contribution in [2.24, 2.45) is 5.73 Å². The third-order valence-electron chi connectivity index (χ3n) is 1.43. The van der Waals surface area contributed by atoms with E-state index in [1.54, 1.807) is 0 Å². The number of hydrogen-bond donors (Lipinski definition) is 3. The molecule has 0 aromatic heterocycles. The number of carbonyl (C=O) groups is 1. The van der Waals surface area contributed by atoms with Crippen molar-refractivity contribution < 1.29 is 11.3 Å². The van der Waals surface area contributed by atoms with Gasteiger partial charge in [-0.1, -0.05) is 0 Å². The second-order valence-corrected chi connectivity index (χ2v) is 2.23. The van der Waals surface area contributed by atoms with Crippen molar-refractivity contribution in [3.63, 3.8) is 0 Å². The van der Waals surface area contributed by atoms with Crippen LogP contribution in [0.1, 0.15) is 6.42 Å². The molecule has 1 rings (SSSR count). The van der Waals surface area contributed by atoms with Gasteiger partial charge in [0.25, 0.3) is 0 Å². The van der Waals surface area contributed by atoms with Crippen LogP contribution in [0.4, 0.5) is 0 Å². The van der Waals surface area contributed by atoms with Gasteiger partial charge in [0.1, 0.15) is 7.45 Å². The molecule has 0 aromatic carbocycles. The van der Waals surface area contributed by atoms with Crippen LogP contribution in [0.3, 0.4) is 0 Å². The van der Waals surface area contributed by atoms with Gasteiger partial charge in [0.15, 0.2) is 0 Å². The van der Waals surface area contributed by atoms with Crippen LogP contribution in [0.2, 0.25) is 1.41 Å². The molecule has 0 aromatic rings. The highest BCUT2D eigenvalue weighted by molar-refractivity contribution is 5.73. The van der Waals surface area contributed by atoms with Crippen molar-refractivity contribution in [1.29, 1.82) is 0 Å². The summed E-state index contributed by atoms with van der Waals surface area (Å²) in [5, 5.41) is 11.3. The van der Waals surface area contributed by atoms with Crippen molar-refractivity contribution in [3.8, 4) is 0 Å². The largest absolute Gasteiger partial charge is 0.480 e. The summed E-state index contributed by atoms with van der Waals surface area (Å²) in [5.41, 5.74) is 2.27. The second-order valence-electron chi connectivity index (χ2n) is 2.23. The topological polar surface area (TPSA) is 75.3 Å². The van der Waals surface area contributed by atoms with Crippen LogP contribution < -0.4 is 11.0 Å². The summed E-state index contributed by atoms with van der Waals surface area (Å²) >= 11 is 0. The molecule has 1 fully saturated rings. The molecule has 0 unspecified atom stereocenters. The Bertz CT molecular complexity index is 142. The van der Waals surface area contributed by atoms with Gasteiger partial charge in [-0.3, -0.25) is 4.79 Å². The summed E-state index contributed by atoms with van der Waals surface area (Å²) in [5.74, 6) is -0.835. The third-order valence-corrected chi connectivity index (χ3v) is 1.43. The number of nitrogens with one attached hydrogen (secondary N) is 1. The molecule has 1 heterocycles. The summed E-state index contributed by atoms with van der Waals surface area (Å²) in [4.78, 5) is 10.3. The van der Waals surface area contributed by atoms with Crippen LogP contribution in [0.5, 0.6) is 0 Å². The Morgan fingerprint density at radius 3 is 3.11 bits per heavy atom. The first-order valence-corrected chi connectivity index (χ1v) is 2.87. The SMILES string of the molecule is [2H]N[C@@H]1CN[C@H](C(=O)O)C1. The Balaban J connectivity index is 2.35. The summed E-state index contributed by atoms with van der Waals surface area (Å²) in [6.07, 6.45) is 0.499. The van der Waals surface area contributed by atoms with Crippen molar-refractivity contribution in [2.75, 3.05) is 6.54 Å². The van der Waals surface area contributed by atoms with E-state index in [1.807, 2.05) is 0 Å². The minimum Gasteiger partial charge on any atom is -0.480 e. The molecule has 0 aliphatic carbocycles. The lowest BCUT2D eigenvalue weighted by atomic mass is 10.2. The molecule has 1 saturated heterocycles. The number of aliphatic carboxylic acids is 1. The Hall–Kier alpha value is -0.610. The van der Waals surface area contributed by atoms with E-state index >= 15 is 0 Å². The number of carboxylic acid groups (broad SMARTS) is 1. The van der Waals surface area contributed by atoms with Gasteiger partial charge < -0.3 is 16.2 Å². The van der Waals surface area contributed by atoms with Gasteiger partial charge in [-0.2, -0.15) is 0 Å². The molecule has 9 heavy (non-hydrogen) atoms. The normalized spacial score (nSPS) is 36.2. The first-order valence-electron chi connectivity index (χ1n) is 3.37. The molecule has 0 saturated carbocycles. The van der Waals surface area contributed by atoms with Crippen LogP contribution in [-0.4, -0.2) is 29.7 Å². The maximum Gasteiger partial charge on any atom is 0.320 e. The van der Waals surface area contributed by atoms with Crippen molar-refractivity contribution in [3.05, 3.63) is 0 Å². The van der Waals surface area contributed by atoms with Crippen molar-refractivity contribution in [1.82, 2.24) is 5.32 Å². The average molecular weight is 131 g/mol. The summed E-state index contributed by atoms with van der Waals surface area (Å²) < 4.78 is 6.75. The quantitative estimate of drug-likeness (QED) is 0.438. The monoisotopic (exact) mass is 131 g/mol. The molecule has 1 aliphatic rings. The Labute approximate surface area is 54.5 Å². The lowest BCUT2D eigenvalue weighted by Gasteiger charge is -2.00. The fraction of sp³-hybridized carbons (Fsp3) is 0.800. The summed E-state index contributed by atoms with van der Waals surface area (Å²) in [7, 11) is 0. The molecule has 4 N–H and O–H groups in total. The zero-order valence-corrected chi connectivity index (χ0v) is 4.92. The highest BCUT2D eigenvalue weighted by atomic mass is 16.4. The Morgan fingerprint density at radius 1 is 2.00 bits per heavy atom. The summed E-state index contributed by atoms with van der Waals surface area (Å²) in [6, 6.07) is -0.482. The van der Waals surface area contributed by atoms with Gasteiger partial charge in [-0.15, -0.1) is 0 Å². The summed E-state index contributed by atoms with van der Waals surface area (Å²) in [6.45, 7) is 0.570. The van der Waals surface area contributed by atoms with E-state index in [1.165, 1.54) is 0 Å². The minimum absolute atomic E-state index is 0.0129. The molecule has 0 bridgehead atoms. The van der Waals surface area contributed by atoms with E-state index in [9.17, 15) is 4.79 Å². The van der Waals surface area contributed by atoms with Gasteiger partial charge in [-0.05, 0) is 6.42 Å². The maximum absolute atomic E-state index is 10.3. The van der Waals surface area contributed by atoms with E-state index < -0.39 is 12.0 Å². The van der Waals surface area contributed by atoms with Crippen LogP contribution >= 0.6 is 0 Å². The molecule has 2 atom stereocenters. The predicted octanol–water partition coefficient (Wildman–Crippen LogP) is -1.24. The molecule has 52 valence electrons. The van der Waals surface area contributed by atoms with E-state index in [2.05, 4.69) is 11.0 Å². The van der Waals surface area contributed by atoms with E-state index in [4.69, 9.17) is 6.52 Å². The number of nitrogens with two attached hydrogens (primary N) is 1. The van der Waals surface area contributed by atoms with Crippen LogP contribution in [0.15, 0.2) is 0 Å². The highest BCUT2D eigenvalue weighted by Crippen LogP contribution is 2.03. The van der Waals surface area contributed by atoms with Crippen LogP contribution in [0, 0.1) is 0 Å². The first kappa shape index (κ1) is 5.20. The van der Waals surface area contributed by atoms with E-state index in [-0.39, 0.29) is 6.04 Å². The molecular formula is C5H10N2O2. The highest BCUT2D eigenvalue weighted by Gasteiger charge is 2.26. The smallest absolute Gasteiger partial charge is 0.320 e. The molecule has 0 spiro atoms. The fourth-order valence-corrected chi connectivity index (χ4v) is 0.924. The molecule has 4 heteroatoms. The van der Waals surface area contributed by atoms with Crippen LogP contribution in [-0.2, 0) is 4.79 Å². The lowest BCUT2D eigenvalue weighted by molar-refractivity contribution is -0.139. The minimum atomic E-state index is -0.835. The predicted molar refractivity (Wildman–Crippen MR) is 32.0 cm³/mol. The van der Waals surface area contributed by atoms with Gasteiger partial charge in [0.05, 0.1) is 0 Å². The number of carboxylic acids is 1. The molecule has 0 radical (unpaired) electrons. The average Bonchev–Trinajstić information content (AvgIpc) is 2.34. The van der Waals surface area contributed by atoms with Gasteiger partial charge in [0.2, 0.25) is 0 Å². The fourth-order valence-electron chi connectivity index (χ4n) is 0.924. The molecule has 0 amide bonds. The number of hydrogen-bond acceptors (Lipinski definition) is 3. The lowest BCUT2D eigenvalue weighted by Crippen LogP contribution is -2.30. The molecular weight excluding hydrogens is 120 g/mol. The van der Waals surface area contributed by atoms with Crippen molar-refractivity contribution in [2.45, 2.75) is 18.5 Å². The van der Waals surface area contributed by atoms with Gasteiger partial charge in [-0.25, -0.2) is 0 Å². The Morgan fingerprint density at radius 2 is 2.78 bits per heavy atom. The zero-order chi connectivity index (χ0) is 7.56. The van der Waals surface area contributed by atoms with Crippen molar-refractivity contribution >= 4 is 5.97 Å². The van der Waals surface area contributed by atoms with E-state index in [0.29, 0.717) is 13.0 Å². The van der Waals surface area contributed by atoms with Gasteiger partial charge in [0, 0.05) is 12.6 Å². The molecule has 4 nitrogen and oxygen atoms in total. The maximum atomic E-state index is 10.3. The van der Waals surface area contributed by atoms with Crippen LogP contribution in [0.25, 0.3) is 0 Å².